The van der Waals surface area contributed by atoms with Crippen LogP contribution in [-0.2, 0) is 12.8 Å². The molecule has 0 aliphatic carbocycles. The number of fused-ring (bicyclic) bond motifs is 3. The summed E-state index contributed by atoms with van der Waals surface area (Å²) in [6.07, 6.45) is 6.56. The van der Waals surface area contributed by atoms with Crippen molar-refractivity contribution in [3.8, 4) is 0 Å². The van der Waals surface area contributed by atoms with Crippen LogP contribution in [0.3, 0.4) is 0 Å². The van der Waals surface area contributed by atoms with Gasteiger partial charge >= 0.3 is 0 Å². The first-order valence-corrected chi connectivity index (χ1v) is 10.8. The molecule has 0 saturated heterocycles. The fraction of sp³-hybridized carbons (Fsp3) is 0.333. The van der Waals surface area contributed by atoms with Gasteiger partial charge in [-0.3, -0.25) is 0 Å². The van der Waals surface area contributed by atoms with Crippen LogP contribution in [0.2, 0.25) is 0 Å². The molecule has 146 valence electrons. The molecule has 0 spiro atoms. The molecule has 5 aromatic rings. The van der Waals surface area contributed by atoms with Gasteiger partial charge in [-0.15, -0.1) is 0 Å². The number of hydrogen-bond acceptors (Lipinski definition) is 1. The van der Waals surface area contributed by atoms with E-state index in [1.807, 2.05) is 0 Å². The van der Waals surface area contributed by atoms with Crippen molar-refractivity contribution in [1.29, 1.82) is 0 Å². The Hall–Kier alpha value is -2.74. The average Bonchev–Trinajstić information content (AvgIpc) is 2.66. The van der Waals surface area contributed by atoms with Gasteiger partial charge in [0.2, 0.25) is 5.52 Å². The van der Waals surface area contributed by atoms with Crippen LogP contribution in [0.15, 0.2) is 48.8 Å². The number of aryl methyl sites for hydroxylation is 1. The highest BCUT2D eigenvalue weighted by atomic mass is 14.9. The molecule has 0 aliphatic heterocycles. The van der Waals surface area contributed by atoms with E-state index in [0.717, 1.165) is 24.1 Å². The molecule has 29 heavy (non-hydrogen) atoms. The zero-order valence-electron chi connectivity index (χ0n) is 18.1. The fourth-order valence-corrected chi connectivity index (χ4v) is 4.92. The topological polar surface area (TPSA) is 17.0 Å². The van der Waals surface area contributed by atoms with Gasteiger partial charge in [-0.25, -0.2) is 4.98 Å². The molecule has 2 heteroatoms. The fourth-order valence-electron chi connectivity index (χ4n) is 4.92. The highest BCUT2D eigenvalue weighted by molar-refractivity contribution is 6.27. The van der Waals surface area contributed by atoms with Crippen molar-refractivity contribution in [2.45, 2.75) is 47.5 Å². The van der Waals surface area contributed by atoms with Gasteiger partial charge in [0.05, 0.1) is 5.39 Å². The van der Waals surface area contributed by atoms with Crippen molar-refractivity contribution in [3.05, 3.63) is 65.6 Å². The smallest absolute Gasteiger partial charge is 0.240 e. The molecule has 2 nitrogen and oxygen atoms in total. The summed E-state index contributed by atoms with van der Waals surface area (Å²) in [7, 11) is 0. The Labute approximate surface area is 172 Å². The van der Waals surface area contributed by atoms with Gasteiger partial charge in [0.1, 0.15) is 11.2 Å². The Morgan fingerprint density at radius 3 is 2.34 bits per heavy atom. The standard InChI is InChI=1S/C27H29N2/c1-16(2)12-19-6-8-22-23-9-7-20(13-17(3)4)21-10-11-29-15-18(5)28-26(24(22)14-19)27(29)25(21)23/h6-11,14-17H,12-13H2,1-5H3/q+1. The summed E-state index contributed by atoms with van der Waals surface area (Å²) in [5, 5.41) is 6.67. The lowest BCUT2D eigenvalue weighted by Gasteiger charge is -2.15. The number of nitrogens with zero attached hydrogens (tertiary/aromatic N) is 2. The summed E-state index contributed by atoms with van der Waals surface area (Å²) in [4.78, 5) is 5.05. The lowest BCUT2D eigenvalue weighted by atomic mass is 9.90. The van der Waals surface area contributed by atoms with Crippen molar-refractivity contribution < 1.29 is 4.40 Å². The van der Waals surface area contributed by atoms with Crippen molar-refractivity contribution in [2.75, 3.05) is 0 Å². The Morgan fingerprint density at radius 2 is 1.59 bits per heavy atom. The molecular weight excluding hydrogens is 352 g/mol. The van der Waals surface area contributed by atoms with E-state index < -0.39 is 0 Å². The van der Waals surface area contributed by atoms with E-state index in [0.29, 0.717) is 11.8 Å². The zero-order chi connectivity index (χ0) is 20.3. The molecular formula is C27H29N2+. The minimum atomic E-state index is 0.636. The first-order chi connectivity index (χ1) is 13.9. The second-order valence-electron chi connectivity index (χ2n) is 9.44. The van der Waals surface area contributed by atoms with Crippen molar-refractivity contribution in [1.82, 2.24) is 4.98 Å². The molecule has 0 atom stereocenters. The molecule has 2 heterocycles. The second kappa shape index (κ2) is 6.66. The van der Waals surface area contributed by atoms with Crippen molar-refractivity contribution in [2.24, 2.45) is 11.8 Å². The van der Waals surface area contributed by atoms with Gasteiger partial charge in [0.15, 0.2) is 12.4 Å². The third kappa shape index (κ3) is 2.93. The van der Waals surface area contributed by atoms with Crippen LogP contribution in [0.25, 0.3) is 38.0 Å². The van der Waals surface area contributed by atoms with Gasteiger partial charge in [-0.1, -0.05) is 52.0 Å². The molecule has 0 saturated carbocycles. The highest BCUT2D eigenvalue weighted by Gasteiger charge is 2.22. The number of benzene rings is 3. The van der Waals surface area contributed by atoms with Crippen LogP contribution >= 0.6 is 0 Å². The Morgan fingerprint density at radius 1 is 0.828 bits per heavy atom. The summed E-state index contributed by atoms with van der Waals surface area (Å²) >= 11 is 0. The van der Waals surface area contributed by atoms with E-state index in [4.69, 9.17) is 4.98 Å². The maximum Gasteiger partial charge on any atom is 0.245 e. The number of pyridine rings is 1. The average molecular weight is 382 g/mol. The molecule has 0 amide bonds. The number of rotatable bonds is 4. The Kier molecular flexibility index (Phi) is 4.20. The van der Waals surface area contributed by atoms with E-state index in [-0.39, 0.29) is 0 Å². The highest BCUT2D eigenvalue weighted by Crippen LogP contribution is 2.38. The first-order valence-electron chi connectivity index (χ1n) is 10.8. The van der Waals surface area contributed by atoms with Crippen molar-refractivity contribution >= 4 is 38.0 Å². The summed E-state index contributed by atoms with van der Waals surface area (Å²) in [5.41, 5.74) is 6.27. The maximum absolute atomic E-state index is 5.05. The zero-order valence-corrected chi connectivity index (χ0v) is 18.1. The minimum absolute atomic E-state index is 0.636. The maximum atomic E-state index is 5.05. The van der Waals surface area contributed by atoms with E-state index >= 15 is 0 Å². The number of aromatic nitrogens is 2. The molecule has 3 aromatic carbocycles. The molecule has 0 radical (unpaired) electrons. The van der Waals surface area contributed by atoms with Gasteiger partial charge in [0, 0.05) is 11.5 Å². The molecule has 0 fully saturated rings. The second-order valence-corrected chi connectivity index (χ2v) is 9.44. The van der Waals surface area contributed by atoms with E-state index in [9.17, 15) is 0 Å². The predicted octanol–water partition coefficient (Wildman–Crippen LogP) is 6.42. The predicted molar refractivity (Wildman–Crippen MR) is 123 cm³/mol. The summed E-state index contributed by atoms with van der Waals surface area (Å²) in [6, 6.07) is 14.0. The monoisotopic (exact) mass is 381 g/mol. The Balaban J connectivity index is 1.97. The molecule has 0 aliphatic rings. The SMILES string of the molecule is Cc1c[n+]2ccc3c(CC(C)C)ccc4c5ccc(CC(C)C)cc5c(n1)c2c34. The molecule has 5 rings (SSSR count). The largest absolute Gasteiger partial charge is 0.245 e. The summed E-state index contributed by atoms with van der Waals surface area (Å²) in [6.45, 7) is 11.2. The summed E-state index contributed by atoms with van der Waals surface area (Å²) in [5.74, 6) is 1.28. The van der Waals surface area contributed by atoms with E-state index in [1.54, 1.807) is 0 Å². The van der Waals surface area contributed by atoms with Crippen LogP contribution in [0.5, 0.6) is 0 Å². The van der Waals surface area contributed by atoms with Crippen molar-refractivity contribution in [3.63, 3.8) is 0 Å². The third-order valence-corrected chi connectivity index (χ3v) is 5.97. The summed E-state index contributed by atoms with van der Waals surface area (Å²) < 4.78 is 2.28. The lowest BCUT2D eigenvalue weighted by Crippen LogP contribution is -2.23. The van der Waals surface area contributed by atoms with E-state index in [1.165, 1.54) is 43.6 Å². The molecule has 0 N–H and O–H groups in total. The van der Waals surface area contributed by atoms with Gasteiger partial charge < -0.3 is 0 Å². The normalized spacial score (nSPS) is 12.5. The molecule has 0 bridgehead atoms. The van der Waals surface area contributed by atoms with Gasteiger partial charge in [0.25, 0.3) is 0 Å². The van der Waals surface area contributed by atoms with Crippen LogP contribution in [0.1, 0.15) is 44.5 Å². The van der Waals surface area contributed by atoms with Crippen LogP contribution < -0.4 is 4.40 Å². The minimum Gasteiger partial charge on any atom is -0.240 e. The molecule has 2 aromatic heterocycles. The lowest BCUT2D eigenvalue weighted by molar-refractivity contribution is -0.510. The Bertz CT molecular complexity index is 1360. The van der Waals surface area contributed by atoms with Crippen LogP contribution in [0, 0.1) is 18.8 Å². The van der Waals surface area contributed by atoms with Crippen LogP contribution in [0.4, 0.5) is 0 Å². The molecule has 0 unspecified atom stereocenters. The van der Waals surface area contributed by atoms with Gasteiger partial charge in [-0.05, 0) is 65.0 Å². The quantitative estimate of drug-likeness (QED) is 0.199. The van der Waals surface area contributed by atoms with Gasteiger partial charge in [-0.2, -0.15) is 4.40 Å². The third-order valence-electron chi connectivity index (χ3n) is 5.97. The van der Waals surface area contributed by atoms with E-state index in [2.05, 4.69) is 87.8 Å². The van der Waals surface area contributed by atoms with Crippen LogP contribution in [-0.4, -0.2) is 4.98 Å². The first kappa shape index (κ1) is 18.3. The number of hydrogen-bond donors (Lipinski definition) is 0.